The Labute approximate surface area is 108 Å². The van der Waals surface area contributed by atoms with Gasteiger partial charge in [0.15, 0.2) is 0 Å². The van der Waals surface area contributed by atoms with Crippen LogP contribution in [0.3, 0.4) is 0 Å². The molecule has 1 aliphatic rings. The summed E-state index contributed by atoms with van der Waals surface area (Å²) in [6.07, 6.45) is 9.78. The van der Waals surface area contributed by atoms with Crippen molar-refractivity contribution in [3.63, 3.8) is 0 Å². The molecule has 1 atom stereocenters. The first kappa shape index (κ1) is 12.5. The number of nitrogens with zero attached hydrogens (tertiary/aromatic N) is 2. The third-order valence-corrected chi connectivity index (χ3v) is 3.26. The minimum atomic E-state index is 0.506. The lowest BCUT2D eigenvalue weighted by Gasteiger charge is -2.22. The van der Waals surface area contributed by atoms with Gasteiger partial charge in [-0.1, -0.05) is 6.58 Å². The van der Waals surface area contributed by atoms with Crippen molar-refractivity contribution in [1.82, 2.24) is 9.97 Å². The van der Waals surface area contributed by atoms with Crippen molar-refractivity contribution in [1.29, 1.82) is 0 Å². The molecule has 1 aromatic heterocycles. The third-order valence-electron chi connectivity index (χ3n) is 3.26. The van der Waals surface area contributed by atoms with Gasteiger partial charge in [-0.25, -0.2) is 0 Å². The first-order chi connectivity index (χ1) is 8.68. The monoisotopic (exact) mass is 244 g/mol. The summed E-state index contributed by atoms with van der Waals surface area (Å²) in [6.45, 7) is 7.05. The topological polar surface area (TPSA) is 57.9 Å². The van der Waals surface area contributed by atoms with Crippen LogP contribution in [0, 0.1) is 0 Å². The van der Waals surface area contributed by atoms with E-state index in [4.69, 9.17) is 5.73 Å². The molecular weight excluding hydrogens is 224 g/mol. The summed E-state index contributed by atoms with van der Waals surface area (Å²) in [5.41, 5.74) is 8.10. The van der Waals surface area contributed by atoms with Gasteiger partial charge in [-0.3, -0.25) is 4.98 Å². The van der Waals surface area contributed by atoms with Gasteiger partial charge in [0.2, 0.25) is 0 Å². The van der Waals surface area contributed by atoms with Crippen molar-refractivity contribution < 1.29 is 0 Å². The zero-order chi connectivity index (χ0) is 13.0. The van der Waals surface area contributed by atoms with Gasteiger partial charge in [0.25, 0.3) is 0 Å². The van der Waals surface area contributed by atoms with Crippen molar-refractivity contribution in [2.45, 2.75) is 25.8 Å². The van der Waals surface area contributed by atoms with E-state index < -0.39 is 0 Å². The van der Waals surface area contributed by atoms with E-state index in [1.165, 1.54) is 12.8 Å². The van der Waals surface area contributed by atoms with Gasteiger partial charge >= 0.3 is 0 Å². The molecule has 0 spiro atoms. The van der Waals surface area contributed by atoms with Gasteiger partial charge in [0.05, 0.1) is 11.9 Å². The molecule has 0 amide bonds. The predicted molar refractivity (Wildman–Crippen MR) is 75.5 cm³/mol. The second-order valence-electron chi connectivity index (χ2n) is 4.64. The maximum Gasteiger partial charge on any atom is 0.0569 e. The number of nitrogens with one attached hydrogen (secondary N) is 1. The van der Waals surface area contributed by atoms with Crippen LogP contribution in [0.5, 0.6) is 0 Å². The fraction of sp³-hybridized carbons (Fsp3) is 0.357. The highest BCUT2D eigenvalue weighted by atomic mass is 15.2. The fourth-order valence-corrected chi connectivity index (χ4v) is 2.21. The average molecular weight is 244 g/mol. The Morgan fingerprint density at radius 2 is 2.39 bits per heavy atom. The van der Waals surface area contributed by atoms with Crippen molar-refractivity contribution in [3.8, 4) is 0 Å². The van der Waals surface area contributed by atoms with Crippen LogP contribution in [0.2, 0.25) is 0 Å². The molecule has 4 nitrogen and oxygen atoms in total. The van der Waals surface area contributed by atoms with E-state index >= 15 is 0 Å². The summed E-state index contributed by atoms with van der Waals surface area (Å²) < 4.78 is 0. The lowest BCUT2D eigenvalue weighted by molar-refractivity contribution is 0.734. The lowest BCUT2D eigenvalue weighted by atomic mass is 10.2. The van der Waals surface area contributed by atoms with Crippen molar-refractivity contribution in [2.24, 2.45) is 5.73 Å². The summed E-state index contributed by atoms with van der Waals surface area (Å²) in [4.78, 5) is 9.78. The molecule has 0 saturated carbocycles. The Balaban J connectivity index is 2.36. The first-order valence-corrected chi connectivity index (χ1v) is 6.26. The summed E-state index contributed by atoms with van der Waals surface area (Å²) >= 11 is 0. The van der Waals surface area contributed by atoms with Gasteiger partial charge in [-0.05, 0) is 25.8 Å². The number of anilines is 1. The fourth-order valence-electron chi connectivity index (χ4n) is 2.21. The summed E-state index contributed by atoms with van der Waals surface area (Å²) in [7, 11) is 0. The molecule has 0 bridgehead atoms. The molecule has 1 unspecified atom stereocenters. The molecule has 2 heterocycles. The number of rotatable bonds is 2. The second-order valence-corrected chi connectivity index (χ2v) is 4.64. The highest BCUT2D eigenvalue weighted by Crippen LogP contribution is 2.23. The summed E-state index contributed by atoms with van der Waals surface area (Å²) in [5.74, 6) is 0. The van der Waals surface area contributed by atoms with Crippen molar-refractivity contribution >= 4 is 11.4 Å². The Morgan fingerprint density at radius 1 is 1.56 bits per heavy atom. The van der Waals surface area contributed by atoms with E-state index in [0.29, 0.717) is 11.7 Å². The molecule has 3 N–H and O–H groups in total. The van der Waals surface area contributed by atoms with Crippen LogP contribution in [0.25, 0.3) is 5.70 Å². The molecule has 0 radical (unpaired) electrons. The Hall–Kier alpha value is -1.97. The molecule has 2 rings (SSSR count). The molecule has 1 aromatic rings. The molecule has 0 aliphatic carbocycles. The number of hydrogen-bond donors (Lipinski definition) is 2. The van der Waals surface area contributed by atoms with Crippen LogP contribution in [0.1, 0.15) is 25.3 Å². The minimum Gasteiger partial charge on any atom is -0.399 e. The number of nitrogens with two attached hydrogens (primary N) is 1. The molecule has 1 aliphatic heterocycles. The molecule has 96 valence electrons. The Kier molecular flexibility index (Phi) is 3.87. The van der Waals surface area contributed by atoms with Crippen LogP contribution in [0.4, 0.5) is 5.69 Å². The Morgan fingerprint density at radius 3 is 3.06 bits per heavy atom. The Bertz CT molecular complexity index is 476. The molecule has 0 aromatic carbocycles. The third kappa shape index (κ3) is 2.83. The number of hydrogen-bond acceptors (Lipinski definition) is 3. The highest BCUT2D eigenvalue weighted by Gasteiger charge is 2.19. The van der Waals surface area contributed by atoms with Crippen molar-refractivity contribution in [3.05, 3.63) is 43.0 Å². The van der Waals surface area contributed by atoms with Gasteiger partial charge in [0, 0.05) is 42.4 Å². The molecule has 18 heavy (non-hydrogen) atoms. The van der Waals surface area contributed by atoms with Crippen LogP contribution in [-0.4, -0.2) is 22.6 Å². The quantitative estimate of drug-likeness (QED) is 0.840. The normalized spacial score (nSPS) is 18.5. The second kappa shape index (κ2) is 5.58. The molecule has 4 heteroatoms. The standard InChI is InChI=1S/C14H20N4/c1-11-4-3-7-18(11)14-5-6-16-8-13(12(2)15)9-17-10-14/h5-6,8-11,16H,2-4,7,15H2,1H3. The van der Waals surface area contributed by atoms with Gasteiger partial charge in [-0.15, -0.1) is 0 Å². The first-order valence-electron chi connectivity index (χ1n) is 6.26. The number of aromatic amines is 1. The van der Waals surface area contributed by atoms with E-state index in [0.717, 1.165) is 17.8 Å². The van der Waals surface area contributed by atoms with Gasteiger partial charge in [0.1, 0.15) is 0 Å². The molecule has 1 fully saturated rings. The average Bonchev–Trinajstić information content (AvgIpc) is 2.78. The molecule has 1 saturated heterocycles. The zero-order valence-corrected chi connectivity index (χ0v) is 10.8. The van der Waals surface area contributed by atoms with E-state index in [2.05, 4.69) is 28.4 Å². The zero-order valence-electron chi connectivity index (χ0n) is 10.8. The largest absolute Gasteiger partial charge is 0.399 e. The van der Waals surface area contributed by atoms with Crippen LogP contribution >= 0.6 is 0 Å². The van der Waals surface area contributed by atoms with Gasteiger partial charge in [-0.2, -0.15) is 0 Å². The lowest BCUT2D eigenvalue weighted by Crippen LogP contribution is -2.25. The highest BCUT2D eigenvalue weighted by molar-refractivity contribution is 5.57. The van der Waals surface area contributed by atoms with E-state index in [1.807, 2.05) is 18.5 Å². The molecular formula is C14H20N4. The van der Waals surface area contributed by atoms with Crippen LogP contribution < -0.4 is 10.6 Å². The van der Waals surface area contributed by atoms with E-state index in [9.17, 15) is 0 Å². The minimum absolute atomic E-state index is 0.506. The maximum absolute atomic E-state index is 5.67. The maximum atomic E-state index is 5.67. The van der Waals surface area contributed by atoms with E-state index in [-0.39, 0.29) is 0 Å². The van der Waals surface area contributed by atoms with Crippen LogP contribution in [-0.2, 0) is 0 Å². The van der Waals surface area contributed by atoms with Crippen molar-refractivity contribution in [2.75, 3.05) is 11.4 Å². The van der Waals surface area contributed by atoms with E-state index in [1.54, 1.807) is 12.4 Å². The number of aromatic nitrogens is 2. The predicted octanol–water partition coefficient (Wildman–Crippen LogP) is 2.45. The smallest absolute Gasteiger partial charge is 0.0569 e. The van der Waals surface area contributed by atoms with Crippen LogP contribution in [0.15, 0.2) is 37.4 Å². The SMILES string of the molecule is C=C(N)c1cncc(N2CCCC2C)cc[nH]c1. The number of H-pyrrole nitrogens is 1. The summed E-state index contributed by atoms with van der Waals surface area (Å²) in [6, 6.07) is 2.62. The van der Waals surface area contributed by atoms with Gasteiger partial charge < -0.3 is 15.6 Å². The summed E-state index contributed by atoms with van der Waals surface area (Å²) in [5, 5.41) is 0.